The van der Waals surface area contributed by atoms with Gasteiger partial charge in [0.1, 0.15) is 36.6 Å². The third kappa shape index (κ3) is 26.0. The molecule has 0 spiro atoms. The molecule has 2 bridgehead atoms. The smallest absolute Gasteiger partial charge is 0.462 e. The predicted molar refractivity (Wildman–Crippen MR) is 271 cm³/mol. The highest BCUT2D eigenvalue weighted by atomic mass is 31.3. The molecule has 0 saturated carbocycles. The number of carbonyl (C=O) groups is 3. The van der Waals surface area contributed by atoms with E-state index in [1.165, 1.54) is 63.2 Å². The first-order chi connectivity index (χ1) is 34.7. The van der Waals surface area contributed by atoms with Crippen LogP contribution in [0, 0.1) is 17.8 Å². The van der Waals surface area contributed by atoms with Crippen LogP contribution >= 0.6 is 15.6 Å². The molecule has 21 nitrogen and oxygen atoms in total. The SMILES string of the molecule is CCCCC[C@H](O)C=C[C@H]1C(=O)C[C@H](O)[C@@H]2C/C=C\CCCC(=O)OC[C@@H](OC(=O)CCCCCCCCCCCCCCC(C)C)COP(=O)(O)OP(=O)(O)OC[C@@H](O[C@H]2n2ccc(N)nc2=O)[C@@H](O)[C@H]1O. The molecule has 0 amide bonds. The van der Waals surface area contributed by atoms with Crippen molar-refractivity contribution in [2.45, 2.75) is 211 Å². The van der Waals surface area contributed by atoms with Crippen LogP contribution in [0.15, 0.2) is 41.4 Å². The van der Waals surface area contributed by atoms with E-state index in [9.17, 15) is 58.5 Å². The number of cyclic esters (lactones) is 1. The fraction of sp³-hybridized carbons (Fsp3) is 0.780. The zero-order valence-electron chi connectivity index (χ0n) is 43.1. The topological polar surface area (TPSA) is 323 Å². The van der Waals surface area contributed by atoms with Gasteiger partial charge in [-0.1, -0.05) is 141 Å². The maximum atomic E-state index is 14.0. The predicted octanol–water partition coefficient (Wildman–Crippen LogP) is 7.45. The fourth-order valence-corrected chi connectivity index (χ4v) is 10.7. The van der Waals surface area contributed by atoms with Crippen LogP contribution < -0.4 is 11.4 Å². The lowest BCUT2D eigenvalue weighted by Gasteiger charge is -2.39. The summed E-state index contributed by atoms with van der Waals surface area (Å²) in [5.41, 5.74) is 4.75. The van der Waals surface area contributed by atoms with Gasteiger partial charge < -0.3 is 50.2 Å². The molecule has 73 heavy (non-hydrogen) atoms. The monoisotopic (exact) mass is 1080 g/mol. The molecular formula is C50H85N3O18P2. The number of allylic oxidation sites excluding steroid dienone is 2. The summed E-state index contributed by atoms with van der Waals surface area (Å²) < 4.78 is 59.0. The van der Waals surface area contributed by atoms with Crippen molar-refractivity contribution in [2.75, 3.05) is 25.6 Å². The molecule has 1 saturated heterocycles. The number of unbranched alkanes of at least 4 members (excludes halogenated alkanes) is 13. The number of ketones is 1. The van der Waals surface area contributed by atoms with Crippen molar-refractivity contribution < 1.29 is 81.3 Å². The molecule has 0 aromatic carbocycles. The number of hydrogen-bond acceptors (Lipinski definition) is 18. The number of esters is 2. The maximum Gasteiger partial charge on any atom is 0.481 e. The number of aliphatic hydroxyl groups excluding tert-OH is 4. The first kappa shape index (κ1) is 64.1. The number of fused-ring (bicyclic) bond motifs is 3. The van der Waals surface area contributed by atoms with Gasteiger partial charge in [0.2, 0.25) is 0 Å². The molecule has 1 fully saturated rings. The van der Waals surface area contributed by atoms with Gasteiger partial charge in [0.05, 0.1) is 37.4 Å². The maximum absolute atomic E-state index is 14.0. The summed E-state index contributed by atoms with van der Waals surface area (Å²) in [6.45, 7) is 3.73. The van der Waals surface area contributed by atoms with Gasteiger partial charge in [-0.05, 0) is 44.1 Å². The van der Waals surface area contributed by atoms with Gasteiger partial charge in [-0.2, -0.15) is 9.29 Å². The van der Waals surface area contributed by atoms with Crippen LogP contribution in [0.25, 0.3) is 0 Å². The summed E-state index contributed by atoms with van der Waals surface area (Å²) in [7, 11) is -11.3. The Labute approximate surface area is 430 Å². The molecule has 1 aromatic heterocycles. The van der Waals surface area contributed by atoms with E-state index in [2.05, 4.69) is 23.1 Å². The Morgan fingerprint density at radius 2 is 1.48 bits per heavy atom. The number of nitrogens with two attached hydrogens (primary N) is 1. The highest BCUT2D eigenvalue weighted by Gasteiger charge is 2.45. The Hall–Kier alpha value is -3.17. The number of phosphoric ester groups is 2. The van der Waals surface area contributed by atoms with Crippen molar-refractivity contribution >= 4 is 39.2 Å². The minimum absolute atomic E-state index is 0.00123. The number of rotatable bonds is 23. The van der Waals surface area contributed by atoms with Crippen molar-refractivity contribution in [1.29, 1.82) is 0 Å². The number of nitrogens with zero attached hydrogens (tertiary/aromatic N) is 2. The van der Waals surface area contributed by atoms with E-state index in [4.69, 9.17) is 29.0 Å². The molecule has 0 radical (unpaired) electrons. The van der Waals surface area contributed by atoms with Gasteiger partial charge in [-0.3, -0.25) is 28.0 Å². The second-order valence-corrected chi connectivity index (χ2v) is 22.7. The van der Waals surface area contributed by atoms with E-state index in [1.54, 1.807) is 12.2 Å². The minimum Gasteiger partial charge on any atom is -0.462 e. The van der Waals surface area contributed by atoms with Crippen LogP contribution in [-0.2, 0) is 51.1 Å². The number of phosphoric acid groups is 2. The Balaban J connectivity index is 1.80. The Morgan fingerprint density at radius 1 is 0.863 bits per heavy atom. The van der Waals surface area contributed by atoms with Crippen LogP contribution in [0.1, 0.15) is 175 Å². The molecule has 0 aliphatic carbocycles. The van der Waals surface area contributed by atoms with Gasteiger partial charge in [0.25, 0.3) is 0 Å². The molecular weight excluding hydrogens is 993 g/mol. The lowest BCUT2D eigenvalue weighted by atomic mass is 9.83. The van der Waals surface area contributed by atoms with Crippen molar-refractivity contribution in [3.8, 4) is 0 Å². The van der Waals surface area contributed by atoms with E-state index in [0.29, 0.717) is 19.3 Å². The van der Waals surface area contributed by atoms with Crippen molar-refractivity contribution in [2.24, 2.45) is 17.8 Å². The fourth-order valence-electron chi connectivity index (χ4n) is 8.61. The molecule has 3 heterocycles. The molecule has 1 aromatic rings. The van der Waals surface area contributed by atoms with Crippen LogP contribution in [0.2, 0.25) is 0 Å². The van der Waals surface area contributed by atoms with E-state index in [0.717, 1.165) is 61.6 Å². The molecule has 2 aliphatic rings. The van der Waals surface area contributed by atoms with Crippen LogP contribution in [-0.4, -0.2) is 114 Å². The first-order valence-corrected chi connectivity index (χ1v) is 29.3. The molecule has 418 valence electrons. The number of nitrogen functional groups attached to an aromatic ring is 1. The van der Waals surface area contributed by atoms with Crippen molar-refractivity contribution in [3.05, 3.63) is 47.1 Å². The second kappa shape index (κ2) is 34.5. The number of anilines is 1. The average Bonchev–Trinajstić information content (AvgIpc) is 3.31. The van der Waals surface area contributed by atoms with Gasteiger partial charge in [-0.15, -0.1) is 0 Å². The Bertz CT molecular complexity index is 2000. The van der Waals surface area contributed by atoms with E-state index in [1.807, 2.05) is 6.92 Å². The summed E-state index contributed by atoms with van der Waals surface area (Å²) >= 11 is 0. The lowest BCUT2D eigenvalue weighted by Crippen LogP contribution is -2.51. The summed E-state index contributed by atoms with van der Waals surface area (Å²) in [6, 6.07) is 1.23. The van der Waals surface area contributed by atoms with Crippen molar-refractivity contribution in [1.82, 2.24) is 9.55 Å². The largest absolute Gasteiger partial charge is 0.481 e. The quantitative estimate of drug-likeness (QED) is 0.0242. The summed E-state index contributed by atoms with van der Waals surface area (Å²) in [4.78, 5) is 78.1. The summed E-state index contributed by atoms with van der Waals surface area (Å²) in [6.07, 6.45) is 11.5. The summed E-state index contributed by atoms with van der Waals surface area (Å²) in [5, 5.41) is 45.7. The number of hydrogen-bond donors (Lipinski definition) is 7. The zero-order valence-corrected chi connectivity index (χ0v) is 44.9. The normalized spacial score (nSPS) is 29.6. The third-order valence-electron chi connectivity index (χ3n) is 12.8. The highest BCUT2D eigenvalue weighted by molar-refractivity contribution is 7.61. The van der Waals surface area contributed by atoms with Gasteiger partial charge in [-0.25, -0.2) is 13.9 Å². The second-order valence-electron chi connectivity index (χ2n) is 19.6. The van der Waals surface area contributed by atoms with Gasteiger partial charge in [0, 0.05) is 31.4 Å². The molecule has 11 atom stereocenters. The standard InChI is InChI=1S/C50H85N3O18P2/c1-4-5-18-24-37(54)28-29-39-41(55)32-42(56)40-25-20-16-17-21-26-45(57)66-33-38(69-46(58)27-22-15-13-11-9-7-6-8-10-12-14-19-23-36(2)3)34-67-72(62,63)71-73(64,65)68-35-43(48(60)47(39)59)70-49(40)53-31-30-44(51)52-50(53)61/h16,20,28-31,36-40,42-43,47-49,54,56,59-60H,4-15,17-19,21-27,32-35H2,1-3H3,(H,62,63)(H,64,65)(H2,51,52,61)/b20-16-,29-28?/t37-,38+,39-,40-,42-,43+,47-,48+,49+/m0/s1. The number of aliphatic hydroxyl groups is 4. The van der Waals surface area contributed by atoms with Crippen LogP contribution in [0.4, 0.5) is 5.82 Å². The lowest BCUT2D eigenvalue weighted by molar-refractivity contribution is -0.186. The first-order valence-electron chi connectivity index (χ1n) is 26.3. The molecule has 3 rings (SSSR count). The molecule has 2 aliphatic heterocycles. The minimum atomic E-state index is -5.72. The highest BCUT2D eigenvalue weighted by Crippen LogP contribution is 2.60. The van der Waals surface area contributed by atoms with Crippen molar-refractivity contribution in [3.63, 3.8) is 0 Å². The van der Waals surface area contributed by atoms with Crippen LogP contribution in [0.5, 0.6) is 0 Å². The number of carbonyl (C=O) groups excluding carboxylic acids is 3. The van der Waals surface area contributed by atoms with E-state index in [-0.39, 0.29) is 37.9 Å². The molecule has 23 heteroatoms. The third-order valence-corrected chi connectivity index (χ3v) is 15.4. The number of Topliss-reactive ketones (excluding diaryl/α,β-unsaturated/α-hetero) is 1. The summed E-state index contributed by atoms with van der Waals surface area (Å²) in [5.74, 6) is -4.47. The van der Waals surface area contributed by atoms with E-state index >= 15 is 0 Å². The Kier molecular flexibility index (Phi) is 30.3. The van der Waals surface area contributed by atoms with Gasteiger partial charge in [0.15, 0.2) is 6.10 Å². The van der Waals surface area contributed by atoms with Gasteiger partial charge >= 0.3 is 33.3 Å². The molecule has 8 N–H and O–H groups in total. The number of ether oxygens (including phenoxy) is 3. The molecule has 2 unspecified atom stereocenters. The van der Waals surface area contributed by atoms with E-state index < -0.39 is 120 Å². The number of aromatic nitrogens is 2. The Morgan fingerprint density at radius 3 is 2.11 bits per heavy atom. The van der Waals surface area contributed by atoms with Crippen LogP contribution in [0.3, 0.4) is 0 Å². The zero-order chi connectivity index (χ0) is 53.8. The average molecular weight is 1080 g/mol.